The summed E-state index contributed by atoms with van der Waals surface area (Å²) in [6.07, 6.45) is 0. The third kappa shape index (κ3) is 8.40. The zero-order chi connectivity index (χ0) is 15.9. The Hall–Kier alpha value is -1.49. The highest BCUT2D eigenvalue weighted by atomic mass is 32.2. The maximum Gasteiger partial charge on any atom is 0.239 e. The summed E-state index contributed by atoms with van der Waals surface area (Å²) in [4.78, 5) is 23.2. The predicted octanol–water partition coefficient (Wildman–Crippen LogP) is 2.26. The molecule has 21 heavy (non-hydrogen) atoms. The molecule has 0 atom stereocenters. The highest BCUT2D eigenvalue weighted by Gasteiger charge is 2.14. The third-order valence-corrected chi connectivity index (χ3v) is 3.55. The molecule has 0 fully saturated rings. The van der Waals surface area contributed by atoms with Gasteiger partial charge in [0, 0.05) is 11.3 Å². The lowest BCUT2D eigenvalue weighted by Gasteiger charge is -2.20. The van der Waals surface area contributed by atoms with E-state index in [0.29, 0.717) is 5.75 Å². The number of carbonyl (C=O) groups is 2. The summed E-state index contributed by atoms with van der Waals surface area (Å²) in [6.45, 7) is 7.80. The normalized spacial score (nSPS) is 11.0. The minimum atomic E-state index is -0.276. The maximum atomic E-state index is 11.7. The molecule has 0 bridgehead atoms. The summed E-state index contributed by atoms with van der Waals surface area (Å²) >= 11 is 1.54. The number of benzene rings is 1. The van der Waals surface area contributed by atoms with Crippen LogP contribution in [0.15, 0.2) is 24.3 Å². The van der Waals surface area contributed by atoms with E-state index in [4.69, 9.17) is 0 Å². The Morgan fingerprint density at radius 2 is 1.90 bits per heavy atom. The lowest BCUT2D eigenvalue weighted by molar-refractivity contribution is -0.125. The molecule has 1 rings (SSSR count). The molecule has 0 aliphatic heterocycles. The van der Waals surface area contributed by atoms with Gasteiger partial charge in [0.1, 0.15) is 0 Å². The summed E-state index contributed by atoms with van der Waals surface area (Å²) in [5, 5.41) is 5.43. The van der Waals surface area contributed by atoms with Crippen molar-refractivity contribution in [3.63, 3.8) is 0 Å². The molecule has 0 saturated heterocycles. The zero-order valence-electron chi connectivity index (χ0n) is 13.2. The van der Waals surface area contributed by atoms with Crippen molar-refractivity contribution in [1.29, 1.82) is 0 Å². The SMILES string of the molecule is Cc1cccc(CSCC(=O)NCC(=O)NC(C)(C)C)c1. The fourth-order valence-corrected chi connectivity index (χ4v) is 2.56. The van der Waals surface area contributed by atoms with Crippen molar-refractivity contribution >= 4 is 23.6 Å². The number of aryl methyl sites for hydroxylation is 1. The van der Waals surface area contributed by atoms with Crippen LogP contribution in [-0.2, 0) is 15.3 Å². The van der Waals surface area contributed by atoms with Gasteiger partial charge in [-0.15, -0.1) is 11.8 Å². The van der Waals surface area contributed by atoms with E-state index in [9.17, 15) is 9.59 Å². The molecule has 0 saturated carbocycles. The summed E-state index contributed by atoms with van der Waals surface area (Å²) in [5.41, 5.74) is 2.15. The second-order valence-corrected chi connectivity index (χ2v) is 7.04. The van der Waals surface area contributed by atoms with Crippen LogP contribution in [0.25, 0.3) is 0 Å². The molecule has 0 radical (unpaired) electrons. The topological polar surface area (TPSA) is 58.2 Å². The average molecular weight is 308 g/mol. The zero-order valence-corrected chi connectivity index (χ0v) is 14.0. The lowest BCUT2D eigenvalue weighted by Crippen LogP contribution is -2.46. The van der Waals surface area contributed by atoms with Crippen LogP contribution < -0.4 is 10.6 Å². The van der Waals surface area contributed by atoms with E-state index in [2.05, 4.69) is 35.8 Å². The van der Waals surface area contributed by atoms with Crippen LogP contribution in [-0.4, -0.2) is 29.7 Å². The molecule has 0 unspecified atom stereocenters. The van der Waals surface area contributed by atoms with Gasteiger partial charge in [0.25, 0.3) is 0 Å². The number of thioether (sulfide) groups is 1. The van der Waals surface area contributed by atoms with E-state index in [-0.39, 0.29) is 23.9 Å². The number of hydrogen-bond acceptors (Lipinski definition) is 3. The first-order chi connectivity index (χ1) is 9.76. The number of amides is 2. The van der Waals surface area contributed by atoms with E-state index in [1.165, 1.54) is 11.1 Å². The standard InChI is InChI=1S/C16H24N2O2S/c1-12-6-5-7-13(8-12)10-21-11-15(20)17-9-14(19)18-16(2,3)4/h5-8H,9-11H2,1-4H3,(H,17,20)(H,18,19). The Labute approximate surface area is 131 Å². The number of rotatable bonds is 6. The van der Waals surface area contributed by atoms with Gasteiger partial charge in [-0.3, -0.25) is 9.59 Å². The summed E-state index contributed by atoms with van der Waals surface area (Å²) in [7, 11) is 0. The van der Waals surface area contributed by atoms with Crippen molar-refractivity contribution < 1.29 is 9.59 Å². The minimum absolute atomic E-state index is 0.0289. The average Bonchev–Trinajstić information content (AvgIpc) is 2.34. The van der Waals surface area contributed by atoms with Crippen LogP contribution in [0.2, 0.25) is 0 Å². The molecule has 5 heteroatoms. The Bertz CT molecular complexity index is 495. The summed E-state index contributed by atoms with van der Waals surface area (Å²) < 4.78 is 0. The molecule has 0 aromatic heterocycles. The summed E-state index contributed by atoms with van der Waals surface area (Å²) in [6, 6.07) is 8.23. The molecule has 4 nitrogen and oxygen atoms in total. The molecule has 0 heterocycles. The van der Waals surface area contributed by atoms with Gasteiger partial charge >= 0.3 is 0 Å². The Morgan fingerprint density at radius 1 is 1.19 bits per heavy atom. The van der Waals surface area contributed by atoms with Crippen molar-refractivity contribution in [2.45, 2.75) is 39.0 Å². The van der Waals surface area contributed by atoms with Crippen LogP contribution in [0, 0.1) is 6.92 Å². The van der Waals surface area contributed by atoms with Crippen molar-refractivity contribution in [2.24, 2.45) is 0 Å². The molecular formula is C16H24N2O2S. The third-order valence-electron chi connectivity index (χ3n) is 2.54. The first-order valence-electron chi connectivity index (χ1n) is 6.97. The van der Waals surface area contributed by atoms with E-state index >= 15 is 0 Å². The van der Waals surface area contributed by atoms with Gasteiger partial charge in [0.15, 0.2) is 0 Å². The molecular weight excluding hydrogens is 284 g/mol. The first-order valence-corrected chi connectivity index (χ1v) is 8.13. The van der Waals surface area contributed by atoms with Gasteiger partial charge in [-0.2, -0.15) is 0 Å². The highest BCUT2D eigenvalue weighted by Crippen LogP contribution is 2.13. The van der Waals surface area contributed by atoms with E-state index in [1.54, 1.807) is 11.8 Å². The molecule has 0 spiro atoms. The van der Waals surface area contributed by atoms with Gasteiger partial charge in [0.2, 0.25) is 11.8 Å². The molecule has 1 aromatic carbocycles. The fourth-order valence-electron chi connectivity index (χ4n) is 1.76. The molecule has 0 aliphatic carbocycles. The van der Waals surface area contributed by atoms with Crippen LogP contribution in [0.1, 0.15) is 31.9 Å². The van der Waals surface area contributed by atoms with Crippen LogP contribution in [0.4, 0.5) is 0 Å². The molecule has 2 N–H and O–H groups in total. The molecule has 1 aromatic rings. The Balaban J connectivity index is 2.21. The largest absolute Gasteiger partial charge is 0.350 e. The molecule has 2 amide bonds. The van der Waals surface area contributed by atoms with Crippen molar-refractivity contribution in [2.75, 3.05) is 12.3 Å². The van der Waals surface area contributed by atoms with E-state index < -0.39 is 0 Å². The Morgan fingerprint density at radius 3 is 2.52 bits per heavy atom. The Kier molecular flexibility index (Phi) is 6.75. The number of nitrogens with one attached hydrogen (secondary N) is 2. The molecule has 116 valence electrons. The predicted molar refractivity (Wildman–Crippen MR) is 88.2 cm³/mol. The van der Waals surface area contributed by atoms with Crippen LogP contribution in [0.3, 0.4) is 0 Å². The smallest absolute Gasteiger partial charge is 0.239 e. The van der Waals surface area contributed by atoms with Crippen molar-refractivity contribution in [1.82, 2.24) is 10.6 Å². The summed E-state index contributed by atoms with van der Waals surface area (Å²) in [5.74, 6) is 0.872. The quantitative estimate of drug-likeness (QED) is 0.847. The number of carbonyl (C=O) groups excluding carboxylic acids is 2. The number of hydrogen-bond donors (Lipinski definition) is 2. The van der Waals surface area contributed by atoms with Gasteiger partial charge < -0.3 is 10.6 Å². The van der Waals surface area contributed by atoms with Crippen LogP contribution >= 0.6 is 11.8 Å². The second-order valence-electron chi connectivity index (χ2n) is 6.06. The van der Waals surface area contributed by atoms with Crippen molar-refractivity contribution in [3.05, 3.63) is 35.4 Å². The van der Waals surface area contributed by atoms with E-state index in [0.717, 1.165) is 5.75 Å². The fraction of sp³-hybridized carbons (Fsp3) is 0.500. The second kappa shape index (κ2) is 8.08. The van der Waals surface area contributed by atoms with Gasteiger partial charge in [-0.25, -0.2) is 0 Å². The lowest BCUT2D eigenvalue weighted by atomic mass is 10.1. The van der Waals surface area contributed by atoms with Gasteiger partial charge in [0.05, 0.1) is 12.3 Å². The molecule has 0 aliphatic rings. The minimum Gasteiger partial charge on any atom is -0.350 e. The monoisotopic (exact) mass is 308 g/mol. The first kappa shape index (κ1) is 17.6. The van der Waals surface area contributed by atoms with Gasteiger partial charge in [-0.05, 0) is 33.3 Å². The van der Waals surface area contributed by atoms with Gasteiger partial charge in [-0.1, -0.05) is 29.8 Å². The highest BCUT2D eigenvalue weighted by molar-refractivity contribution is 7.99. The maximum absolute atomic E-state index is 11.7. The van der Waals surface area contributed by atoms with Crippen LogP contribution in [0.5, 0.6) is 0 Å². The van der Waals surface area contributed by atoms with E-state index in [1.807, 2.05) is 26.8 Å². The van der Waals surface area contributed by atoms with Crippen molar-refractivity contribution in [3.8, 4) is 0 Å².